The number of rotatable bonds is 3. The van der Waals surface area contributed by atoms with Crippen molar-refractivity contribution in [2.75, 3.05) is 5.32 Å². The Morgan fingerprint density at radius 2 is 1.91 bits per heavy atom. The second-order valence-corrected chi connectivity index (χ2v) is 5.19. The molecule has 0 atom stereocenters. The normalized spacial score (nSPS) is 10.5. The summed E-state index contributed by atoms with van der Waals surface area (Å²) in [6.45, 7) is 3.68. The van der Waals surface area contributed by atoms with Gasteiger partial charge in [-0.3, -0.25) is 14.2 Å². The molecule has 1 aromatic carbocycles. The number of carbonyl (C=O) groups excluding carboxylic acids is 1. The molecule has 1 amide bonds. The van der Waals surface area contributed by atoms with Gasteiger partial charge < -0.3 is 10.3 Å². The van der Waals surface area contributed by atoms with E-state index in [4.69, 9.17) is 0 Å². The first-order valence-electron chi connectivity index (χ1n) is 7.01. The largest absolute Gasteiger partial charge is 0.324 e. The van der Waals surface area contributed by atoms with Crippen LogP contribution in [-0.4, -0.2) is 25.7 Å². The van der Waals surface area contributed by atoms with E-state index in [1.165, 1.54) is 0 Å². The summed E-state index contributed by atoms with van der Waals surface area (Å²) in [6, 6.07) is 8.64. The van der Waals surface area contributed by atoms with Gasteiger partial charge in [-0.1, -0.05) is 6.07 Å². The number of aryl methyl sites for hydroxylation is 2. The molecule has 116 valence electrons. The first kappa shape index (κ1) is 14.7. The Morgan fingerprint density at radius 3 is 2.65 bits per heavy atom. The summed E-state index contributed by atoms with van der Waals surface area (Å²) in [5, 5.41) is 10.1. The third-order valence-corrected chi connectivity index (χ3v) is 3.57. The van der Waals surface area contributed by atoms with Crippen molar-refractivity contribution < 1.29 is 4.79 Å². The molecule has 0 bridgehead atoms. The number of aromatic nitrogens is 4. The SMILES string of the molecule is Cc1cc(NC(=O)c2cccc(-n3cnnc3)c2)c(=O)[nH]c1C. The second kappa shape index (κ2) is 5.88. The average molecular weight is 309 g/mol. The number of hydrogen-bond donors (Lipinski definition) is 2. The van der Waals surface area contributed by atoms with Crippen LogP contribution in [0.5, 0.6) is 0 Å². The topological polar surface area (TPSA) is 92.7 Å². The molecular weight excluding hydrogens is 294 g/mol. The summed E-state index contributed by atoms with van der Waals surface area (Å²) in [5.41, 5.74) is 2.79. The van der Waals surface area contributed by atoms with E-state index in [9.17, 15) is 9.59 Å². The molecule has 7 heteroatoms. The van der Waals surface area contributed by atoms with Crippen LogP contribution in [0.25, 0.3) is 5.69 Å². The van der Waals surface area contributed by atoms with Crippen LogP contribution in [0, 0.1) is 13.8 Å². The van der Waals surface area contributed by atoms with Crippen LogP contribution in [0.15, 0.2) is 47.8 Å². The highest BCUT2D eigenvalue weighted by Gasteiger charge is 2.11. The number of anilines is 1. The number of benzene rings is 1. The summed E-state index contributed by atoms with van der Waals surface area (Å²) in [6.07, 6.45) is 3.09. The monoisotopic (exact) mass is 309 g/mol. The van der Waals surface area contributed by atoms with E-state index in [1.54, 1.807) is 41.5 Å². The highest BCUT2D eigenvalue weighted by molar-refractivity contribution is 6.04. The third kappa shape index (κ3) is 3.03. The van der Waals surface area contributed by atoms with Crippen molar-refractivity contribution in [2.45, 2.75) is 13.8 Å². The molecule has 2 N–H and O–H groups in total. The summed E-state index contributed by atoms with van der Waals surface area (Å²) >= 11 is 0. The molecule has 23 heavy (non-hydrogen) atoms. The van der Waals surface area contributed by atoms with Gasteiger partial charge >= 0.3 is 0 Å². The molecule has 0 spiro atoms. The van der Waals surface area contributed by atoms with Gasteiger partial charge in [0.25, 0.3) is 11.5 Å². The number of hydrogen-bond acceptors (Lipinski definition) is 4. The van der Waals surface area contributed by atoms with Crippen molar-refractivity contribution in [3.63, 3.8) is 0 Å². The van der Waals surface area contributed by atoms with Crippen molar-refractivity contribution in [3.05, 3.63) is 70.2 Å². The summed E-state index contributed by atoms with van der Waals surface area (Å²) < 4.78 is 1.69. The van der Waals surface area contributed by atoms with Crippen molar-refractivity contribution >= 4 is 11.6 Å². The highest BCUT2D eigenvalue weighted by atomic mass is 16.2. The molecule has 0 aliphatic carbocycles. The van der Waals surface area contributed by atoms with E-state index in [2.05, 4.69) is 20.5 Å². The van der Waals surface area contributed by atoms with Crippen molar-refractivity contribution in [3.8, 4) is 5.69 Å². The molecule has 0 unspecified atom stereocenters. The van der Waals surface area contributed by atoms with Gasteiger partial charge in [-0.25, -0.2) is 0 Å². The second-order valence-electron chi connectivity index (χ2n) is 5.19. The Bertz CT molecular complexity index is 912. The molecule has 0 saturated carbocycles. The number of carbonyl (C=O) groups is 1. The quantitative estimate of drug-likeness (QED) is 0.772. The molecule has 0 aliphatic rings. The van der Waals surface area contributed by atoms with E-state index in [0.29, 0.717) is 5.56 Å². The van der Waals surface area contributed by atoms with E-state index in [0.717, 1.165) is 16.9 Å². The lowest BCUT2D eigenvalue weighted by atomic mass is 10.1. The van der Waals surface area contributed by atoms with Gasteiger partial charge in [-0.15, -0.1) is 10.2 Å². The molecule has 3 aromatic rings. The minimum Gasteiger partial charge on any atom is -0.324 e. The van der Waals surface area contributed by atoms with Crippen LogP contribution in [0.2, 0.25) is 0 Å². The zero-order valence-electron chi connectivity index (χ0n) is 12.7. The Labute approximate surface area is 132 Å². The fourth-order valence-electron chi connectivity index (χ4n) is 2.16. The third-order valence-electron chi connectivity index (χ3n) is 3.57. The average Bonchev–Trinajstić information content (AvgIpc) is 3.07. The maximum Gasteiger partial charge on any atom is 0.271 e. The molecule has 0 radical (unpaired) electrons. The van der Waals surface area contributed by atoms with Gasteiger partial charge in [0.05, 0.1) is 0 Å². The Hall–Kier alpha value is -3.22. The Morgan fingerprint density at radius 1 is 1.17 bits per heavy atom. The summed E-state index contributed by atoms with van der Waals surface area (Å²) in [4.78, 5) is 27.0. The van der Waals surface area contributed by atoms with E-state index < -0.39 is 0 Å². The smallest absolute Gasteiger partial charge is 0.271 e. The predicted molar refractivity (Wildman–Crippen MR) is 85.8 cm³/mol. The van der Waals surface area contributed by atoms with Crippen LogP contribution in [-0.2, 0) is 0 Å². The van der Waals surface area contributed by atoms with Gasteiger partial charge in [-0.2, -0.15) is 0 Å². The number of aromatic amines is 1. The first-order chi connectivity index (χ1) is 11.0. The van der Waals surface area contributed by atoms with E-state index in [1.807, 2.05) is 19.9 Å². The van der Waals surface area contributed by atoms with Crippen LogP contribution < -0.4 is 10.9 Å². The molecule has 0 fully saturated rings. The fraction of sp³-hybridized carbons (Fsp3) is 0.125. The van der Waals surface area contributed by atoms with Crippen molar-refractivity contribution in [1.82, 2.24) is 19.7 Å². The fourth-order valence-corrected chi connectivity index (χ4v) is 2.16. The van der Waals surface area contributed by atoms with Crippen LogP contribution in [0.4, 0.5) is 5.69 Å². The molecule has 3 rings (SSSR count). The minimum atomic E-state index is -0.353. The lowest BCUT2D eigenvalue weighted by molar-refractivity contribution is 0.102. The lowest BCUT2D eigenvalue weighted by Crippen LogP contribution is -2.21. The minimum absolute atomic E-state index is 0.229. The lowest BCUT2D eigenvalue weighted by Gasteiger charge is -2.08. The molecular formula is C16H15N5O2. The number of H-pyrrole nitrogens is 1. The molecule has 2 aromatic heterocycles. The van der Waals surface area contributed by atoms with Crippen LogP contribution in [0.3, 0.4) is 0 Å². The Balaban J connectivity index is 1.88. The maximum absolute atomic E-state index is 12.4. The van der Waals surface area contributed by atoms with Gasteiger partial charge in [0.15, 0.2) is 0 Å². The predicted octanol–water partition coefficient (Wildman–Crippen LogP) is 1.82. The first-order valence-corrected chi connectivity index (χ1v) is 7.01. The zero-order valence-corrected chi connectivity index (χ0v) is 12.7. The maximum atomic E-state index is 12.4. The van der Waals surface area contributed by atoms with Gasteiger partial charge in [0.1, 0.15) is 18.3 Å². The molecule has 2 heterocycles. The van der Waals surface area contributed by atoms with Gasteiger partial charge in [0, 0.05) is 16.9 Å². The van der Waals surface area contributed by atoms with Gasteiger partial charge in [0.2, 0.25) is 0 Å². The summed E-state index contributed by atoms with van der Waals surface area (Å²) in [5.74, 6) is -0.353. The zero-order chi connectivity index (χ0) is 16.4. The standard InChI is InChI=1S/C16H15N5O2/c1-10-6-14(16(23)19-11(10)2)20-15(22)12-4-3-5-13(7-12)21-8-17-18-9-21/h3-9H,1-2H3,(H,19,23)(H,20,22). The van der Waals surface area contributed by atoms with E-state index >= 15 is 0 Å². The van der Waals surface area contributed by atoms with E-state index in [-0.39, 0.29) is 17.2 Å². The number of nitrogens with one attached hydrogen (secondary N) is 2. The Kier molecular flexibility index (Phi) is 3.76. The van der Waals surface area contributed by atoms with Crippen LogP contribution >= 0.6 is 0 Å². The number of nitrogens with zero attached hydrogens (tertiary/aromatic N) is 3. The van der Waals surface area contributed by atoms with Gasteiger partial charge in [-0.05, 0) is 43.7 Å². The molecule has 0 aliphatic heterocycles. The highest BCUT2D eigenvalue weighted by Crippen LogP contribution is 2.12. The van der Waals surface area contributed by atoms with Crippen molar-refractivity contribution in [1.29, 1.82) is 0 Å². The molecule has 0 saturated heterocycles. The van der Waals surface area contributed by atoms with Crippen molar-refractivity contribution in [2.24, 2.45) is 0 Å². The van der Waals surface area contributed by atoms with Crippen LogP contribution in [0.1, 0.15) is 21.6 Å². The summed E-state index contributed by atoms with van der Waals surface area (Å²) in [7, 11) is 0. The number of pyridine rings is 1. The number of amides is 1. The molecule has 7 nitrogen and oxygen atoms in total.